The first kappa shape index (κ1) is 23.7. The van der Waals surface area contributed by atoms with Crippen LogP contribution in [0.15, 0.2) is 78.9 Å². The van der Waals surface area contributed by atoms with Crippen LogP contribution in [0.25, 0.3) is 10.1 Å². The van der Waals surface area contributed by atoms with Crippen molar-refractivity contribution in [3.63, 3.8) is 0 Å². The van der Waals surface area contributed by atoms with Crippen molar-refractivity contribution in [1.82, 2.24) is 16.2 Å². The molecule has 0 unspecified atom stereocenters. The highest BCUT2D eigenvalue weighted by atomic mass is 35.5. The predicted molar refractivity (Wildman–Crippen MR) is 139 cm³/mol. The van der Waals surface area contributed by atoms with E-state index < -0.39 is 11.8 Å². The van der Waals surface area contributed by atoms with Crippen molar-refractivity contribution in [3.8, 4) is 5.75 Å². The molecule has 0 radical (unpaired) electrons. The normalized spacial score (nSPS) is 10.7. The minimum atomic E-state index is -0.555. The molecule has 0 saturated carbocycles. The van der Waals surface area contributed by atoms with Crippen molar-refractivity contribution in [1.29, 1.82) is 0 Å². The van der Waals surface area contributed by atoms with Crippen LogP contribution in [-0.4, -0.2) is 24.0 Å². The van der Waals surface area contributed by atoms with Crippen molar-refractivity contribution >= 4 is 62.2 Å². The molecule has 0 aliphatic rings. The third kappa shape index (κ3) is 5.20. The van der Waals surface area contributed by atoms with Crippen LogP contribution in [0.1, 0.15) is 26.7 Å². The lowest BCUT2D eigenvalue weighted by molar-refractivity contribution is -0.122. The van der Waals surface area contributed by atoms with E-state index in [9.17, 15) is 9.59 Å². The number of benzene rings is 3. The average molecular weight is 510 g/mol. The Balaban J connectivity index is 1.44. The summed E-state index contributed by atoms with van der Waals surface area (Å²) in [6, 6.07) is 24.2. The fourth-order valence-electron chi connectivity index (χ4n) is 3.49. The zero-order chi connectivity index (χ0) is 24.1. The molecule has 0 saturated heterocycles. The Morgan fingerprint density at radius 2 is 1.56 bits per heavy atom. The van der Waals surface area contributed by atoms with Gasteiger partial charge >= 0.3 is 0 Å². The molecule has 0 aliphatic heterocycles. The van der Waals surface area contributed by atoms with E-state index >= 15 is 0 Å². The number of ether oxygens (including phenoxy) is 1. The van der Waals surface area contributed by atoms with Crippen LogP contribution in [0.5, 0.6) is 5.75 Å². The second-order valence-corrected chi connectivity index (χ2v) is 9.10. The molecule has 0 bridgehead atoms. The number of thiocarbonyl (C=S) groups is 1. The summed E-state index contributed by atoms with van der Waals surface area (Å²) in [4.78, 5) is 26.1. The van der Waals surface area contributed by atoms with Crippen LogP contribution in [-0.2, 0) is 4.79 Å². The summed E-state index contributed by atoms with van der Waals surface area (Å²) in [7, 11) is 1.57. The van der Waals surface area contributed by atoms with Gasteiger partial charge in [-0.15, -0.1) is 11.3 Å². The average Bonchev–Trinajstić information content (AvgIpc) is 3.20. The Morgan fingerprint density at radius 3 is 2.15 bits per heavy atom. The standard InChI is InChI=1S/C25H20ClN3O3S2/c1-32-17-12-13-18-19(14-17)34-22(21(18)26)24(31)27-25(33)29-28-23(30)20(15-8-4-2-5-9-15)16-10-6-3-7-11-16/h2-14,20H,1H3,(H,28,30)(H2,27,29,31,33). The molecule has 4 rings (SSSR count). The monoisotopic (exact) mass is 509 g/mol. The van der Waals surface area contributed by atoms with Gasteiger partial charge in [0.15, 0.2) is 5.11 Å². The number of thiophene rings is 1. The van der Waals surface area contributed by atoms with E-state index in [0.29, 0.717) is 15.6 Å². The number of rotatable bonds is 5. The number of hydrogen-bond donors (Lipinski definition) is 3. The van der Waals surface area contributed by atoms with Crippen molar-refractivity contribution in [2.75, 3.05) is 7.11 Å². The molecule has 9 heteroatoms. The van der Waals surface area contributed by atoms with E-state index in [4.69, 9.17) is 28.6 Å². The fraction of sp³-hybridized carbons (Fsp3) is 0.0800. The lowest BCUT2D eigenvalue weighted by atomic mass is 9.91. The Hall–Kier alpha value is -3.46. The number of hydrazine groups is 1. The fourth-order valence-corrected chi connectivity index (χ4v) is 5.07. The minimum Gasteiger partial charge on any atom is -0.497 e. The van der Waals surface area contributed by atoms with Crippen molar-refractivity contribution < 1.29 is 14.3 Å². The summed E-state index contributed by atoms with van der Waals surface area (Å²) in [5, 5.41) is 3.59. The topological polar surface area (TPSA) is 79.5 Å². The van der Waals surface area contributed by atoms with Gasteiger partial charge in [0.1, 0.15) is 10.6 Å². The first-order chi connectivity index (χ1) is 16.5. The number of halogens is 1. The zero-order valence-corrected chi connectivity index (χ0v) is 20.4. The van der Waals surface area contributed by atoms with Crippen molar-refractivity contribution in [2.24, 2.45) is 0 Å². The molecule has 1 aromatic heterocycles. The molecule has 0 aliphatic carbocycles. The molecule has 1 heterocycles. The molecule has 0 atom stereocenters. The van der Waals surface area contributed by atoms with Gasteiger partial charge in [-0.25, -0.2) is 0 Å². The minimum absolute atomic E-state index is 0.0515. The maximum atomic E-state index is 13.1. The largest absolute Gasteiger partial charge is 0.497 e. The SMILES string of the molecule is COc1ccc2c(Cl)c(C(=O)NC(=S)NNC(=O)C(c3ccccc3)c3ccccc3)sc2c1. The van der Waals surface area contributed by atoms with Crippen molar-refractivity contribution in [3.05, 3.63) is 99.9 Å². The summed E-state index contributed by atoms with van der Waals surface area (Å²) in [6.07, 6.45) is 0. The van der Waals surface area contributed by atoms with Gasteiger partial charge < -0.3 is 4.74 Å². The quantitative estimate of drug-likeness (QED) is 0.260. The van der Waals surface area contributed by atoms with Gasteiger partial charge in [-0.3, -0.25) is 25.8 Å². The first-order valence-electron chi connectivity index (χ1n) is 10.2. The number of carbonyl (C=O) groups excluding carboxylic acids is 2. The van der Waals surface area contributed by atoms with Gasteiger partial charge in [0.25, 0.3) is 5.91 Å². The number of amides is 2. The van der Waals surface area contributed by atoms with Crippen LogP contribution in [0.2, 0.25) is 5.02 Å². The molecule has 172 valence electrons. The highest BCUT2D eigenvalue weighted by Crippen LogP contribution is 2.37. The Labute approximate surface area is 210 Å². The van der Waals surface area contributed by atoms with Gasteiger partial charge in [0, 0.05) is 10.1 Å². The molecular formula is C25H20ClN3O3S2. The van der Waals surface area contributed by atoms with Gasteiger partial charge in [-0.05, 0) is 41.5 Å². The number of carbonyl (C=O) groups is 2. The van der Waals surface area contributed by atoms with Gasteiger partial charge in [0.05, 0.1) is 18.1 Å². The molecule has 4 aromatic rings. The molecule has 3 aromatic carbocycles. The molecule has 2 amide bonds. The number of nitrogens with one attached hydrogen (secondary N) is 3. The predicted octanol–water partition coefficient (Wildman–Crippen LogP) is 5.03. The molecule has 0 spiro atoms. The maximum Gasteiger partial charge on any atom is 0.269 e. The zero-order valence-electron chi connectivity index (χ0n) is 18.0. The molecule has 34 heavy (non-hydrogen) atoms. The number of hydrogen-bond acceptors (Lipinski definition) is 5. The first-order valence-corrected chi connectivity index (χ1v) is 11.9. The maximum absolute atomic E-state index is 13.1. The van der Waals surface area contributed by atoms with Crippen LogP contribution >= 0.6 is 35.2 Å². The van der Waals surface area contributed by atoms with Gasteiger partial charge in [-0.1, -0.05) is 72.3 Å². The highest BCUT2D eigenvalue weighted by Gasteiger charge is 2.23. The second-order valence-electron chi connectivity index (χ2n) is 7.26. The lowest BCUT2D eigenvalue weighted by Gasteiger charge is -2.19. The van der Waals surface area contributed by atoms with E-state index in [-0.39, 0.29) is 11.0 Å². The third-order valence-corrected chi connectivity index (χ3v) is 6.96. The Morgan fingerprint density at radius 1 is 0.941 bits per heavy atom. The van der Waals surface area contributed by atoms with Crippen LogP contribution in [0, 0.1) is 0 Å². The Kier molecular flexibility index (Phi) is 7.42. The van der Waals surface area contributed by atoms with Crippen molar-refractivity contribution in [2.45, 2.75) is 5.92 Å². The van der Waals surface area contributed by atoms with E-state index in [1.165, 1.54) is 11.3 Å². The van der Waals surface area contributed by atoms with E-state index in [1.807, 2.05) is 66.7 Å². The number of fused-ring (bicyclic) bond motifs is 1. The summed E-state index contributed by atoms with van der Waals surface area (Å²) in [6.45, 7) is 0. The second kappa shape index (κ2) is 10.6. The third-order valence-electron chi connectivity index (χ3n) is 5.10. The summed E-state index contributed by atoms with van der Waals surface area (Å²) in [5.74, 6) is -0.676. The molecular weight excluding hydrogens is 490 g/mol. The van der Waals surface area contributed by atoms with Gasteiger partial charge in [0.2, 0.25) is 5.91 Å². The number of methoxy groups -OCH3 is 1. The highest BCUT2D eigenvalue weighted by molar-refractivity contribution is 7.80. The molecule has 3 N–H and O–H groups in total. The van der Waals surface area contributed by atoms with E-state index in [2.05, 4.69) is 16.2 Å². The van der Waals surface area contributed by atoms with E-state index in [1.54, 1.807) is 19.2 Å². The van der Waals surface area contributed by atoms with Crippen LogP contribution in [0.4, 0.5) is 0 Å². The lowest BCUT2D eigenvalue weighted by Crippen LogP contribution is -2.49. The summed E-state index contributed by atoms with van der Waals surface area (Å²) >= 11 is 12.9. The smallest absolute Gasteiger partial charge is 0.269 e. The Bertz CT molecular complexity index is 1300. The summed E-state index contributed by atoms with van der Waals surface area (Å²) < 4.78 is 6.04. The van der Waals surface area contributed by atoms with Crippen LogP contribution < -0.4 is 20.9 Å². The van der Waals surface area contributed by atoms with E-state index in [0.717, 1.165) is 21.2 Å². The molecule has 6 nitrogen and oxygen atoms in total. The summed E-state index contributed by atoms with van der Waals surface area (Å²) in [5.41, 5.74) is 6.88. The van der Waals surface area contributed by atoms with Crippen LogP contribution in [0.3, 0.4) is 0 Å². The van der Waals surface area contributed by atoms with Gasteiger partial charge in [-0.2, -0.15) is 0 Å². The molecule has 0 fully saturated rings.